The Bertz CT molecular complexity index is 1360. The number of carbonyl (C=O) groups excluding carboxylic acids is 1. The molecule has 0 saturated heterocycles. The number of nitro benzene ring substituents is 1. The molecule has 33 heavy (non-hydrogen) atoms. The summed E-state index contributed by atoms with van der Waals surface area (Å²) in [7, 11) is -4.29. The van der Waals surface area contributed by atoms with Crippen molar-refractivity contribution in [2.45, 2.75) is 30.3 Å². The average molecular weight is 487 g/mol. The number of non-ortho nitro benzene ring substituents is 1. The summed E-state index contributed by atoms with van der Waals surface area (Å²) in [6.45, 7) is 1.97. The number of ether oxygens (including phenoxy) is 1. The minimum absolute atomic E-state index is 0.141. The number of hydrogen-bond donors (Lipinski definition) is 1. The topological polar surface area (TPSA) is 116 Å². The summed E-state index contributed by atoms with van der Waals surface area (Å²) < 4.78 is 33.2. The fraction of sp³-hybridized carbons (Fsp3) is 0.174. The predicted octanol–water partition coefficient (Wildman–Crippen LogP) is 4.30. The number of nitrogens with one attached hydrogen (secondary N) is 1. The van der Waals surface area contributed by atoms with E-state index < -0.39 is 26.5 Å². The van der Waals surface area contributed by atoms with Crippen LogP contribution in [0.4, 0.5) is 5.69 Å². The van der Waals surface area contributed by atoms with Crippen molar-refractivity contribution in [3.05, 3.63) is 98.6 Å². The van der Waals surface area contributed by atoms with E-state index in [1.807, 2.05) is 35.9 Å². The van der Waals surface area contributed by atoms with Gasteiger partial charge in [0.25, 0.3) is 21.6 Å². The molecule has 0 saturated carbocycles. The van der Waals surface area contributed by atoms with Crippen molar-refractivity contribution in [3.8, 4) is 5.75 Å². The first-order chi connectivity index (χ1) is 15.5. The van der Waals surface area contributed by atoms with Gasteiger partial charge in [-0.15, -0.1) is 0 Å². The van der Waals surface area contributed by atoms with Crippen LogP contribution in [-0.4, -0.2) is 24.8 Å². The number of fused-ring (bicyclic) bond motifs is 1. The van der Waals surface area contributed by atoms with E-state index in [4.69, 9.17) is 16.3 Å². The molecule has 0 spiro atoms. The summed E-state index contributed by atoms with van der Waals surface area (Å²) in [5.74, 6) is -0.208. The smallest absolute Gasteiger partial charge is 0.270 e. The van der Waals surface area contributed by atoms with Gasteiger partial charge in [0.05, 0.1) is 9.82 Å². The van der Waals surface area contributed by atoms with Crippen LogP contribution < -0.4 is 9.46 Å². The number of nitro groups is 1. The lowest BCUT2D eigenvalue weighted by molar-refractivity contribution is -0.385. The highest BCUT2D eigenvalue weighted by Crippen LogP contribution is 2.37. The Kier molecular flexibility index (Phi) is 5.85. The highest BCUT2D eigenvalue weighted by atomic mass is 35.5. The van der Waals surface area contributed by atoms with Crippen molar-refractivity contribution in [3.63, 3.8) is 0 Å². The van der Waals surface area contributed by atoms with Crippen LogP contribution in [-0.2, 0) is 22.9 Å². The van der Waals surface area contributed by atoms with Crippen molar-refractivity contribution in [1.29, 1.82) is 0 Å². The molecule has 0 radical (unpaired) electrons. The molecule has 1 N–H and O–H groups in total. The SMILES string of the molecule is C[C@]1(Cc2ccc(Cl)cc2)Cc2cc(C(=O)NS(=O)(=O)c3cccc([N+](=O)[O-])c3)ccc2O1. The van der Waals surface area contributed by atoms with Crippen LogP contribution >= 0.6 is 11.6 Å². The van der Waals surface area contributed by atoms with Gasteiger partial charge in [0, 0.05) is 35.6 Å². The summed E-state index contributed by atoms with van der Waals surface area (Å²) in [4.78, 5) is 22.5. The minimum Gasteiger partial charge on any atom is -0.487 e. The minimum atomic E-state index is -4.29. The molecule has 4 rings (SSSR count). The molecule has 1 atom stereocenters. The van der Waals surface area contributed by atoms with E-state index in [0.29, 0.717) is 23.6 Å². The number of carbonyl (C=O) groups is 1. The van der Waals surface area contributed by atoms with Crippen LogP contribution in [0, 0.1) is 10.1 Å². The zero-order valence-electron chi connectivity index (χ0n) is 17.4. The van der Waals surface area contributed by atoms with Crippen molar-refractivity contribution in [1.82, 2.24) is 4.72 Å². The van der Waals surface area contributed by atoms with Gasteiger partial charge in [0.1, 0.15) is 11.4 Å². The lowest BCUT2D eigenvalue weighted by Gasteiger charge is -2.24. The van der Waals surface area contributed by atoms with Crippen LogP contribution in [0.15, 0.2) is 71.6 Å². The molecule has 1 aliphatic rings. The second-order valence-electron chi connectivity index (χ2n) is 8.04. The standard InChI is InChI=1S/C23H19ClN2O6S/c1-23(13-15-5-8-18(24)9-6-15)14-17-11-16(7-10-21(17)32-23)22(27)25-33(30,31)20-4-2-3-19(12-20)26(28)29/h2-12H,13-14H2,1H3,(H,25,27)/t23-/m0/s1. The first-order valence-corrected chi connectivity index (χ1v) is 11.8. The molecular weight excluding hydrogens is 468 g/mol. The number of halogens is 1. The number of rotatable bonds is 6. The van der Waals surface area contributed by atoms with E-state index in [2.05, 4.69) is 0 Å². The fourth-order valence-electron chi connectivity index (χ4n) is 3.80. The van der Waals surface area contributed by atoms with E-state index in [0.717, 1.165) is 17.2 Å². The van der Waals surface area contributed by atoms with E-state index in [9.17, 15) is 23.3 Å². The van der Waals surface area contributed by atoms with Gasteiger partial charge in [-0.05, 0) is 54.4 Å². The lowest BCUT2D eigenvalue weighted by atomic mass is 9.91. The quantitative estimate of drug-likeness (QED) is 0.410. The molecule has 1 heterocycles. The van der Waals surface area contributed by atoms with Crippen molar-refractivity contribution in [2.75, 3.05) is 0 Å². The highest BCUT2D eigenvalue weighted by molar-refractivity contribution is 7.90. The molecule has 0 aliphatic carbocycles. The average Bonchev–Trinajstić information content (AvgIpc) is 3.10. The van der Waals surface area contributed by atoms with Crippen molar-refractivity contribution < 1.29 is 22.9 Å². The number of hydrogen-bond acceptors (Lipinski definition) is 6. The summed E-state index contributed by atoms with van der Waals surface area (Å²) in [5.41, 5.74) is 1.06. The normalized spacial score (nSPS) is 17.2. The van der Waals surface area contributed by atoms with Crippen LogP contribution in [0.2, 0.25) is 5.02 Å². The zero-order chi connectivity index (χ0) is 23.8. The van der Waals surface area contributed by atoms with Crippen LogP contribution in [0.3, 0.4) is 0 Å². The molecule has 0 fully saturated rings. The third-order valence-corrected chi connectivity index (χ3v) is 6.88. The number of nitrogens with zero attached hydrogens (tertiary/aromatic N) is 1. The molecule has 10 heteroatoms. The molecule has 0 aromatic heterocycles. The Morgan fingerprint density at radius 1 is 1.15 bits per heavy atom. The highest BCUT2D eigenvalue weighted by Gasteiger charge is 2.35. The summed E-state index contributed by atoms with van der Waals surface area (Å²) in [6, 6.07) is 16.7. The molecule has 3 aromatic carbocycles. The van der Waals surface area contributed by atoms with Gasteiger partial charge in [-0.2, -0.15) is 0 Å². The molecule has 1 aliphatic heterocycles. The first-order valence-electron chi connectivity index (χ1n) is 9.93. The molecular formula is C23H19ClN2O6S. The van der Waals surface area contributed by atoms with Gasteiger partial charge in [-0.1, -0.05) is 29.8 Å². The van der Waals surface area contributed by atoms with Gasteiger partial charge in [0.2, 0.25) is 0 Å². The number of benzene rings is 3. The molecule has 3 aromatic rings. The Hall–Kier alpha value is -3.43. The molecule has 0 unspecified atom stereocenters. The number of amides is 1. The van der Waals surface area contributed by atoms with Gasteiger partial charge in [-0.25, -0.2) is 13.1 Å². The van der Waals surface area contributed by atoms with Crippen LogP contribution in [0.25, 0.3) is 0 Å². The van der Waals surface area contributed by atoms with Gasteiger partial charge < -0.3 is 4.74 Å². The summed E-state index contributed by atoms with van der Waals surface area (Å²) >= 11 is 5.95. The zero-order valence-corrected chi connectivity index (χ0v) is 19.0. The molecule has 170 valence electrons. The number of sulfonamides is 1. The van der Waals surface area contributed by atoms with Crippen molar-refractivity contribution >= 4 is 33.2 Å². The molecule has 0 bridgehead atoms. The van der Waals surface area contributed by atoms with Crippen LogP contribution in [0.1, 0.15) is 28.4 Å². The Balaban J connectivity index is 1.50. The van der Waals surface area contributed by atoms with E-state index in [-0.39, 0.29) is 16.1 Å². The van der Waals surface area contributed by atoms with E-state index >= 15 is 0 Å². The predicted molar refractivity (Wildman–Crippen MR) is 122 cm³/mol. The Morgan fingerprint density at radius 3 is 2.58 bits per heavy atom. The second-order valence-corrected chi connectivity index (χ2v) is 10.2. The summed E-state index contributed by atoms with van der Waals surface area (Å²) in [5, 5.41) is 11.6. The largest absolute Gasteiger partial charge is 0.487 e. The first kappa shape index (κ1) is 22.8. The van der Waals surface area contributed by atoms with Gasteiger partial charge >= 0.3 is 0 Å². The summed E-state index contributed by atoms with van der Waals surface area (Å²) in [6.07, 6.45) is 1.16. The maximum atomic E-state index is 12.7. The van der Waals surface area contributed by atoms with Gasteiger partial charge in [-0.3, -0.25) is 14.9 Å². The monoisotopic (exact) mass is 486 g/mol. The fourth-order valence-corrected chi connectivity index (χ4v) is 4.94. The van der Waals surface area contributed by atoms with Crippen LogP contribution in [0.5, 0.6) is 5.75 Å². The lowest BCUT2D eigenvalue weighted by Crippen LogP contribution is -2.32. The molecule has 1 amide bonds. The second kappa shape index (κ2) is 8.49. The maximum Gasteiger partial charge on any atom is 0.270 e. The van der Waals surface area contributed by atoms with E-state index in [1.54, 1.807) is 12.1 Å². The third kappa shape index (κ3) is 4.99. The third-order valence-electron chi connectivity index (χ3n) is 5.30. The Morgan fingerprint density at radius 2 is 1.88 bits per heavy atom. The van der Waals surface area contributed by atoms with Crippen molar-refractivity contribution in [2.24, 2.45) is 0 Å². The Labute approximate surface area is 195 Å². The molecule has 8 nitrogen and oxygen atoms in total. The van der Waals surface area contributed by atoms with E-state index in [1.165, 1.54) is 24.3 Å². The maximum absolute atomic E-state index is 12.7. The van der Waals surface area contributed by atoms with Gasteiger partial charge in [0.15, 0.2) is 0 Å².